The average Bonchev–Trinajstić information content (AvgIpc) is 3.44. The van der Waals surface area contributed by atoms with Crippen LogP contribution in [0, 0.1) is 0 Å². The molecule has 0 bridgehead atoms. The van der Waals surface area contributed by atoms with Crippen molar-refractivity contribution in [3.05, 3.63) is 54.9 Å². The number of hydrogen-bond acceptors (Lipinski definition) is 8. The van der Waals surface area contributed by atoms with E-state index in [1.165, 1.54) is 22.7 Å². The van der Waals surface area contributed by atoms with Crippen LogP contribution in [0.1, 0.15) is 43.3 Å². The minimum absolute atomic E-state index is 0.0974. The number of aliphatic carboxylic acids is 2. The molecule has 2 rings (SSSR count). The zero-order chi connectivity index (χ0) is 25.1. The van der Waals surface area contributed by atoms with E-state index in [1.54, 1.807) is 22.9 Å². The minimum Gasteiger partial charge on any atom is -0.478 e. The summed E-state index contributed by atoms with van der Waals surface area (Å²) < 4.78 is 0. The van der Waals surface area contributed by atoms with Crippen LogP contribution >= 0.6 is 22.7 Å². The van der Waals surface area contributed by atoms with Crippen molar-refractivity contribution >= 4 is 46.4 Å². The lowest BCUT2D eigenvalue weighted by atomic mass is 10.0. The first-order valence-electron chi connectivity index (χ1n) is 10.4. The molecule has 184 valence electrons. The molecule has 34 heavy (non-hydrogen) atoms. The maximum absolute atomic E-state index is 12.4. The number of nitrogens with one attached hydrogen (secondary N) is 2. The van der Waals surface area contributed by atoms with Gasteiger partial charge in [0, 0.05) is 37.4 Å². The van der Waals surface area contributed by atoms with Gasteiger partial charge in [0.15, 0.2) is 0 Å². The van der Waals surface area contributed by atoms with Gasteiger partial charge in [0.2, 0.25) is 0 Å². The number of carbonyl (C=O) groups is 4. The Bertz CT molecular complexity index is 975. The van der Waals surface area contributed by atoms with E-state index in [0.29, 0.717) is 33.7 Å². The topological polar surface area (TPSA) is 173 Å². The first-order chi connectivity index (χ1) is 16.3. The van der Waals surface area contributed by atoms with E-state index in [4.69, 9.17) is 10.2 Å². The Morgan fingerprint density at radius 3 is 1.41 bits per heavy atom. The summed E-state index contributed by atoms with van der Waals surface area (Å²) in [6.07, 6.45) is 0.189. The van der Waals surface area contributed by atoms with Gasteiger partial charge in [0.25, 0.3) is 11.8 Å². The normalized spacial score (nSPS) is 11.6. The zero-order valence-corrected chi connectivity index (χ0v) is 19.8. The summed E-state index contributed by atoms with van der Waals surface area (Å²) in [6.45, 7) is -0.424. The number of carboxylic acid groups (broad SMARTS) is 2. The van der Waals surface area contributed by atoms with E-state index in [-0.39, 0.29) is 50.3 Å². The Hall–Kier alpha value is -3.06. The van der Waals surface area contributed by atoms with Gasteiger partial charge in [-0.15, -0.1) is 22.7 Å². The maximum Gasteiger partial charge on any atom is 0.332 e. The second kappa shape index (κ2) is 13.6. The summed E-state index contributed by atoms with van der Waals surface area (Å²) in [5.41, 5.74) is 0.629. The van der Waals surface area contributed by atoms with Crippen molar-refractivity contribution in [3.8, 4) is 0 Å². The first-order valence-corrected chi connectivity index (χ1v) is 12.2. The highest BCUT2D eigenvalue weighted by molar-refractivity contribution is 7.12. The molecule has 0 aliphatic carbocycles. The lowest BCUT2D eigenvalue weighted by Gasteiger charge is -2.11. The predicted molar refractivity (Wildman–Crippen MR) is 126 cm³/mol. The number of aliphatic hydroxyl groups excluding tert-OH is 2. The van der Waals surface area contributed by atoms with Crippen molar-refractivity contribution in [2.45, 2.75) is 25.7 Å². The van der Waals surface area contributed by atoms with Gasteiger partial charge >= 0.3 is 11.9 Å². The van der Waals surface area contributed by atoms with Crippen molar-refractivity contribution in [3.63, 3.8) is 0 Å². The van der Waals surface area contributed by atoms with Crippen LogP contribution in [0.2, 0.25) is 0 Å². The van der Waals surface area contributed by atoms with Crippen molar-refractivity contribution < 1.29 is 39.6 Å². The lowest BCUT2D eigenvalue weighted by Crippen LogP contribution is -2.28. The Kier molecular flexibility index (Phi) is 10.9. The number of rotatable bonds is 14. The fraction of sp³-hybridized carbons (Fsp3) is 0.364. The van der Waals surface area contributed by atoms with Crippen LogP contribution < -0.4 is 10.6 Å². The Labute approximate surface area is 203 Å². The molecule has 0 aliphatic heterocycles. The molecular formula is C22H26N2O8S2. The fourth-order valence-electron chi connectivity index (χ4n) is 3.24. The third kappa shape index (κ3) is 7.48. The van der Waals surface area contributed by atoms with E-state index in [2.05, 4.69) is 10.6 Å². The molecule has 0 fully saturated rings. The summed E-state index contributed by atoms with van der Waals surface area (Å²) in [5, 5.41) is 45.8. The molecule has 2 amide bonds. The van der Waals surface area contributed by atoms with E-state index >= 15 is 0 Å². The van der Waals surface area contributed by atoms with Gasteiger partial charge in [-0.2, -0.15) is 0 Å². The van der Waals surface area contributed by atoms with Crippen LogP contribution in [0.5, 0.6) is 0 Å². The van der Waals surface area contributed by atoms with Crippen molar-refractivity contribution in [1.29, 1.82) is 0 Å². The molecule has 0 aliphatic rings. The SMILES string of the molecule is O=C(O)/C(CCNC(=O)c1sccc1CCO)=C(\CCNC(=O)c1sccc1CCO)C(=O)O. The van der Waals surface area contributed by atoms with Gasteiger partial charge in [0.1, 0.15) is 0 Å². The molecule has 0 spiro atoms. The van der Waals surface area contributed by atoms with Crippen molar-refractivity contribution in [1.82, 2.24) is 10.6 Å². The number of aliphatic hydroxyl groups is 2. The van der Waals surface area contributed by atoms with Gasteiger partial charge in [-0.25, -0.2) is 9.59 Å². The van der Waals surface area contributed by atoms with Gasteiger partial charge in [-0.05, 0) is 59.7 Å². The molecule has 6 N–H and O–H groups in total. The van der Waals surface area contributed by atoms with Gasteiger partial charge in [-0.1, -0.05) is 0 Å². The first kappa shape index (κ1) is 27.2. The maximum atomic E-state index is 12.4. The molecule has 0 radical (unpaired) electrons. The van der Waals surface area contributed by atoms with Crippen LogP contribution in [0.4, 0.5) is 0 Å². The van der Waals surface area contributed by atoms with Gasteiger partial charge < -0.3 is 31.1 Å². The number of hydrogen-bond donors (Lipinski definition) is 6. The minimum atomic E-state index is -1.42. The number of carbonyl (C=O) groups excluding carboxylic acids is 2. The molecule has 12 heteroatoms. The molecule has 2 aromatic rings. The monoisotopic (exact) mass is 510 g/mol. The molecule has 0 atom stereocenters. The summed E-state index contributed by atoms with van der Waals surface area (Å²) in [6, 6.07) is 3.44. The van der Waals surface area contributed by atoms with Gasteiger partial charge in [-0.3, -0.25) is 9.59 Å². The molecule has 0 aromatic carbocycles. The zero-order valence-electron chi connectivity index (χ0n) is 18.2. The number of amides is 2. The van der Waals surface area contributed by atoms with Crippen molar-refractivity contribution in [2.75, 3.05) is 26.3 Å². The Morgan fingerprint density at radius 1 is 0.706 bits per heavy atom. The Balaban J connectivity index is 2.01. The Morgan fingerprint density at radius 2 is 1.09 bits per heavy atom. The van der Waals surface area contributed by atoms with E-state index in [9.17, 15) is 29.4 Å². The molecule has 0 saturated carbocycles. The summed E-state index contributed by atoms with van der Waals surface area (Å²) in [7, 11) is 0. The molecule has 0 saturated heterocycles. The third-order valence-corrected chi connectivity index (χ3v) is 6.78. The molecule has 2 aromatic heterocycles. The highest BCUT2D eigenvalue weighted by Crippen LogP contribution is 2.19. The van der Waals surface area contributed by atoms with Crippen LogP contribution in [0.15, 0.2) is 34.0 Å². The lowest BCUT2D eigenvalue weighted by molar-refractivity contribution is -0.136. The summed E-state index contributed by atoms with van der Waals surface area (Å²) >= 11 is 2.38. The van der Waals surface area contributed by atoms with E-state index in [0.717, 1.165) is 0 Å². The van der Waals surface area contributed by atoms with Crippen LogP contribution in [0.3, 0.4) is 0 Å². The van der Waals surface area contributed by atoms with E-state index in [1.807, 2.05) is 0 Å². The molecule has 0 unspecified atom stereocenters. The quantitative estimate of drug-likeness (QED) is 0.206. The third-order valence-electron chi connectivity index (χ3n) is 4.87. The molecule has 2 heterocycles. The fourth-order valence-corrected chi connectivity index (χ4v) is 4.98. The second-order valence-corrected chi connectivity index (χ2v) is 8.91. The van der Waals surface area contributed by atoms with Crippen LogP contribution in [-0.4, -0.2) is 70.5 Å². The second-order valence-electron chi connectivity index (χ2n) is 7.08. The van der Waals surface area contributed by atoms with Crippen LogP contribution in [-0.2, 0) is 22.4 Å². The van der Waals surface area contributed by atoms with E-state index < -0.39 is 23.8 Å². The number of thiophene rings is 2. The summed E-state index contributed by atoms with van der Waals surface area (Å²) in [5.74, 6) is -3.69. The highest BCUT2D eigenvalue weighted by atomic mass is 32.1. The predicted octanol–water partition coefficient (Wildman–Crippen LogP) is 1.29. The average molecular weight is 511 g/mol. The molecule has 10 nitrogen and oxygen atoms in total. The molecular weight excluding hydrogens is 484 g/mol. The highest BCUT2D eigenvalue weighted by Gasteiger charge is 2.21. The van der Waals surface area contributed by atoms with Crippen LogP contribution in [0.25, 0.3) is 0 Å². The number of carboxylic acids is 2. The largest absolute Gasteiger partial charge is 0.478 e. The van der Waals surface area contributed by atoms with Crippen molar-refractivity contribution in [2.24, 2.45) is 0 Å². The smallest absolute Gasteiger partial charge is 0.332 e. The van der Waals surface area contributed by atoms with Gasteiger partial charge in [0.05, 0.1) is 9.75 Å². The summed E-state index contributed by atoms with van der Waals surface area (Å²) in [4.78, 5) is 49.0. The standard InChI is InChI=1S/C22H26N2O8S2/c25-9-3-13-5-11-33-17(13)19(27)23-7-1-15(21(29)30)16(22(31)32)2-8-24-20(28)18-14(4-10-26)6-12-34-18/h5-6,11-12,25-26H,1-4,7-10H2,(H,23,27)(H,24,28)(H,29,30)(H,31,32)/b16-15+.